The molecule has 3 heterocycles. The van der Waals surface area contributed by atoms with Crippen molar-refractivity contribution >= 4 is 52.0 Å². The van der Waals surface area contributed by atoms with Crippen molar-refractivity contribution in [3.63, 3.8) is 0 Å². The Kier molecular flexibility index (Phi) is 5.16. The quantitative estimate of drug-likeness (QED) is 0.620. The number of amides is 1. The van der Waals surface area contributed by atoms with Gasteiger partial charge in [-0.05, 0) is 31.0 Å². The van der Waals surface area contributed by atoms with Crippen molar-refractivity contribution < 1.29 is 9.59 Å². The number of nitrogens with zero attached hydrogens (tertiary/aromatic N) is 4. The second-order valence-corrected chi connectivity index (χ2v) is 8.24. The molecule has 1 amide bonds. The molecule has 0 radical (unpaired) electrons. The van der Waals surface area contributed by atoms with Crippen LogP contribution >= 0.6 is 23.2 Å². The topological polar surface area (TPSA) is 89.8 Å². The average molecular weight is 420 g/mol. The van der Waals surface area contributed by atoms with Gasteiger partial charge in [-0.25, -0.2) is 0 Å². The third-order valence-corrected chi connectivity index (χ3v) is 5.11. The van der Waals surface area contributed by atoms with Gasteiger partial charge in [0.1, 0.15) is 10.8 Å². The van der Waals surface area contributed by atoms with Gasteiger partial charge in [0, 0.05) is 17.8 Å². The molecule has 7 nitrogen and oxygen atoms in total. The third kappa shape index (κ3) is 3.59. The minimum Gasteiger partial charge on any atom is -0.294 e. The van der Waals surface area contributed by atoms with Crippen LogP contribution < -0.4 is 5.32 Å². The Morgan fingerprint density at radius 2 is 1.82 bits per heavy atom. The molecule has 0 bridgehead atoms. The lowest BCUT2D eigenvalue weighted by Crippen LogP contribution is -2.28. The zero-order valence-electron chi connectivity index (χ0n) is 16.1. The van der Waals surface area contributed by atoms with E-state index in [1.165, 1.54) is 10.8 Å². The summed E-state index contributed by atoms with van der Waals surface area (Å²) in [6, 6.07) is 1.63. The van der Waals surface area contributed by atoms with Crippen molar-refractivity contribution in [1.82, 2.24) is 19.5 Å². The SMILES string of the molecule is Cc1cnc(C(=O)n2ccc3c(Cl)nc(NC(=O)C(C)(C)C)nc32)c(C)c1Cl. The van der Waals surface area contributed by atoms with Gasteiger partial charge in [-0.1, -0.05) is 44.0 Å². The highest BCUT2D eigenvalue weighted by atomic mass is 35.5. The molecule has 3 rings (SSSR count). The highest BCUT2D eigenvalue weighted by Gasteiger charge is 2.24. The first-order chi connectivity index (χ1) is 13.0. The van der Waals surface area contributed by atoms with Gasteiger partial charge in [0.2, 0.25) is 11.9 Å². The zero-order valence-corrected chi connectivity index (χ0v) is 17.6. The van der Waals surface area contributed by atoms with Gasteiger partial charge in [0.05, 0.1) is 10.4 Å². The van der Waals surface area contributed by atoms with Crippen molar-refractivity contribution in [2.45, 2.75) is 34.6 Å². The number of halogens is 2. The van der Waals surface area contributed by atoms with Crippen LogP contribution in [0.15, 0.2) is 18.5 Å². The third-order valence-electron chi connectivity index (χ3n) is 4.24. The number of fused-ring (bicyclic) bond motifs is 1. The van der Waals surface area contributed by atoms with Crippen molar-refractivity contribution in [3.8, 4) is 0 Å². The normalized spacial score (nSPS) is 11.7. The molecule has 3 aromatic rings. The van der Waals surface area contributed by atoms with Gasteiger partial charge < -0.3 is 0 Å². The van der Waals surface area contributed by atoms with E-state index < -0.39 is 11.3 Å². The summed E-state index contributed by atoms with van der Waals surface area (Å²) in [5.41, 5.74) is 1.21. The summed E-state index contributed by atoms with van der Waals surface area (Å²) in [5.74, 6) is -0.649. The molecule has 0 saturated carbocycles. The number of rotatable bonds is 2. The van der Waals surface area contributed by atoms with Crippen molar-refractivity contribution in [2.75, 3.05) is 5.32 Å². The molecular weight excluding hydrogens is 401 g/mol. The maximum atomic E-state index is 13.1. The van der Waals surface area contributed by atoms with E-state index in [0.717, 1.165) is 5.56 Å². The number of nitrogens with one attached hydrogen (secondary N) is 1. The minimum absolute atomic E-state index is 0.0248. The molecule has 0 aromatic carbocycles. The summed E-state index contributed by atoms with van der Waals surface area (Å²) < 4.78 is 1.32. The maximum Gasteiger partial charge on any atom is 0.282 e. The monoisotopic (exact) mass is 419 g/mol. The molecule has 3 aromatic heterocycles. The Labute approximate surface area is 172 Å². The summed E-state index contributed by atoms with van der Waals surface area (Å²) in [6.07, 6.45) is 3.09. The molecular formula is C19H19Cl2N5O2. The molecule has 0 atom stereocenters. The van der Waals surface area contributed by atoms with E-state index in [9.17, 15) is 9.59 Å². The van der Waals surface area contributed by atoms with Crippen LogP contribution in [-0.2, 0) is 4.79 Å². The Bertz CT molecular complexity index is 1120. The fourth-order valence-electron chi connectivity index (χ4n) is 2.53. The van der Waals surface area contributed by atoms with E-state index in [1.54, 1.807) is 40.0 Å². The lowest BCUT2D eigenvalue weighted by Gasteiger charge is -2.16. The number of hydrogen-bond donors (Lipinski definition) is 1. The first-order valence-electron chi connectivity index (χ1n) is 8.53. The predicted molar refractivity (Wildman–Crippen MR) is 109 cm³/mol. The molecule has 0 spiro atoms. The summed E-state index contributed by atoms with van der Waals surface area (Å²) in [7, 11) is 0. The number of hydrogen-bond acceptors (Lipinski definition) is 5. The molecule has 0 unspecified atom stereocenters. The molecule has 0 fully saturated rings. The highest BCUT2D eigenvalue weighted by molar-refractivity contribution is 6.34. The van der Waals surface area contributed by atoms with Crippen LogP contribution in [0.25, 0.3) is 11.0 Å². The number of anilines is 1. The van der Waals surface area contributed by atoms with E-state index in [2.05, 4.69) is 20.3 Å². The first kappa shape index (κ1) is 20.2. The molecule has 0 saturated heterocycles. The van der Waals surface area contributed by atoms with Crippen molar-refractivity contribution in [1.29, 1.82) is 0 Å². The van der Waals surface area contributed by atoms with Crippen LogP contribution in [0.5, 0.6) is 0 Å². The summed E-state index contributed by atoms with van der Waals surface area (Å²) in [4.78, 5) is 38.0. The van der Waals surface area contributed by atoms with Crippen molar-refractivity contribution in [2.24, 2.45) is 5.41 Å². The van der Waals surface area contributed by atoms with Crippen LogP contribution in [0, 0.1) is 19.3 Å². The Hall–Kier alpha value is -2.51. The predicted octanol–water partition coefficient (Wildman–Crippen LogP) is 4.42. The fraction of sp³-hybridized carbons (Fsp3) is 0.316. The van der Waals surface area contributed by atoms with Gasteiger partial charge in [0.15, 0.2) is 5.65 Å². The molecule has 0 aliphatic rings. The van der Waals surface area contributed by atoms with Crippen LogP contribution in [0.3, 0.4) is 0 Å². The molecule has 0 aliphatic carbocycles. The number of carbonyl (C=O) groups excluding carboxylic acids is 2. The number of aryl methyl sites for hydroxylation is 1. The number of aromatic nitrogens is 4. The number of pyridine rings is 1. The van der Waals surface area contributed by atoms with Gasteiger partial charge >= 0.3 is 0 Å². The fourth-order valence-corrected chi connectivity index (χ4v) is 2.90. The Balaban J connectivity index is 2.09. The highest BCUT2D eigenvalue weighted by Crippen LogP contribution is 2.27. The molecule has 1 N–H and O–H groups in total. The van der Waals surface area contributed by atoms with Crippen LogP contribution in [0.1, 0.15) is 42.4 Å². The van der Waals surface area contributed by atoms with Gasteiger partial charge in [-0.2, -0.15) is 9.97 Å². The van der Waals surface area contributed by atoms with Crippen molar-refractivity contribution in [3.05, 3.63) is 45.5 Å². The summed E-state index contributed by atoms with van der Waals surface area (Å²) in [5, 5.41) is 3.74. The van der Waals surface area contributed by atoms with Gasteiger partial charge in [-0.3, -0.25) is 24.5 Å². The lowest BCUT2D eigenvalue weighted by atomic mass is 9.96. The van der Waals surface area contributed by atoms with E-state index in [-0.39, 0.29) is 28.3 Å². The molecule has 0 aliphatic heterocycles. The first-order valence-corrected chi connectivity index (χ1v) is 9.28. The zero-order chi connectivity index (χ0) is 20.8. The van der Waals surface area contributed by atoms with E-state index in [4.69, 9.17) is 23.2 Å². The lowest BCUT2D eigenvalue weighted by molar-refractivity contribution is -0.123. The second kappa shape index (κ2) is 7.14. The van der Waals surface area contributed by atoms with E-state index in [0.29, 0.717) is 16.0 Å². The molecule has 28 heavy (non-hydrogen) atoms. The van der Waals surface area contributed by atoms with E-state index in [1.807, 2.05) is 6.92 Å². The maximum absolute atomic E-state index is 13.1. The Morgan fingerprint density at radius 3 is 2.46 bits per heavy atom. The summed E-state index contributed by atoms with van der Waals surface area (Å²) >= 11 is 12.5. The minimum atomic E-state index is -0.637. The largest absolute Gasteiger partial charge is 0.294 e. The smallest absolute Gasteiger partial charge is 0.282 e. The summed E-state index contributed by atoms with van der Waals surface area (Å²) in [6.45, 7) is 8.86. The molecule has 9 heteroatoms. The molecule has 146 valence electrons. The second-order valence-electron chi connectivity index (χ2n) is 7.50. The average Bonchev–Trinajstić information content (AvgIpc) is 3.03. The van der Waals surface area contributed by atoms with Gasteiger partial charge in [0.25, 0.3) is 5.91 Å². The standard InChI is InChI=1S/C19H19Cl2N5O2/c1-9-8-22-13(10(2)12(9)20)16(27)26-7-6-11-14(21)23-18(24-15(11)26)25-17(28)19(3,4)5/h6-8H,1-5H3,(H,23,24,25,28). The van der Waals surface area contributed by atoms with Gasteiger partial charge in [-0.15, -0.1) is 0 Å². The van der Waals surface area contributed by atoms with Crippen LogP contribution in [0.4, 0.5) is 5.95 Å². The van der Waals surface area contributed by atoms with E-state index >= 15 is 0 Å². The van der Waals surface area contributed by atoms with Crippen LogP contribution in [-0.4, -0.2) is 31.3 Å². The number of carbonyl (C=O) groups is 2. The van der Waals surface area contributed by atoms with Crippen LogP contribution in [0.2, 0.25) is 10.2 Å². The Morgan fingerprint density at radius 1 is 1.14 bits per heavy atom.